The van der Waals surface area contributed by atoms with Gasteiger partial charge in [0.25, 0.3) is 10.0 Å². The number of aryl methyl sites for hydroxylation is 1. The van der Waals surface area contributed by atoms with Crippen LogP contribution < -0.4 is 10.0 Å². The molecule has 0 aromatic heterocycles. The highest BCUT2D eigenvalue weighted by Crippen LogP contribution is 2.17. The molecule has 0 unspecified atom stereocenters. The summed E-state index contributed by atoms with van der Waals surface area (Å²) < 4.78 is 26.5. The Morgan fingerprint density at radius 2 is 1.65 bits per heavy atom. The fraction of sp³-hybridized carbons (Fsp3) is 0.222. The topological polar surface area (TPSA) is 95.6 Å². The predicted molar refractivity (Wildman–Crippen MR) is 99.1 cm³/mol. The van der Waals surface area contributed by atoms with Gasteiger partial charge in [-0.1, -0.05) is 35.9 Å². The molecular weight excluding hydrogens is 354 g/mol. The molecular formula is C18H21N3O4S. The number of carbonyl (C=O) groups excluding carboxylic acids is 2. The second kappa shape index (κ2) is 8.01. The van der Waals surface area contributed by atoms with E-state index in [1.807, 2.05) is 11.6 Å². The second-order valence-electron chi connectivity index (χ2n) is 5.90. The number of nitrogens with one attached hydrogen (secondary N) is 2. The van der Waals surface area contributed by atoms with Gasteiger partial charge in [-0.25, -0.2) is 17.9 Å². The number of para-hydroxylation sites is 1. The summed E-state index contributed by atoms with van der Waals surface area (Å²) in [6, 6.07) is 12.2. The highest BCUT2D eigenvalue weighted by molar-refractivity contribution is 7.90. The lowest BCUT2D eigenvalue weighted by Gasteiger charge is -2.18. The minimum absolute atomic E-state index is 0.00264. The molecule has 2 aromatic carbocycles. The van der Waals surface area contributed by atoms with E-state index in [0.717, 1.165) is 5.56 Å². The van der Waals surface area contributed by atoms with Gasteiger partial charge in [0.05, 0.1) is 4.90 Å². The van der Waals surface area contributed by atoms with Crippen molar-refractivity contribution in [2.75, 3.05) is 12.4 Å². The molecule has 0 atom stereocenters. The lowest BCUT2D eigenvalue weighted by Crippen LogP contribution is -2.34. The predicted octanol–water partition coefficient (Wildman–Crippen LogP) is 2.48. The number of sulfonamides is 1. The summed E-state index contributed by atoms with van der Waals surface area (Å²) >= 11 is 0. The molecule has 0 saturated carbocycles. The third-order valence-corrected chi connectivity index (χ3v) is 5.12. The second-order valence-corrected chi connectivity index (χ2v) is 7.59. The van der Waals surface area contributed by atoms with Crippen LogP contribution in [0.1, 0.15) is 18.1 Å². The van der Waals surface area contributed by atoms with Crippen LogP contribution in [0.15, 0.2) is 53.4 Å². The van der Waals surface area contributed by atoms with Crippen molar-refractivity contribution in [1.82, 2.24) is 9.62 Å². The largest absolute Gasteiger partial charge is 0.342 e. The maximum absolute atomic E-state index is 12.3. The fourth-order valence-electron chi connectivity index (χ4n) is 2.19. The van der Waals surface area contributed by atoms with Gasteiger partial charge in [0.1, 0.15) is 0 Å². The zero-order valence-electron chi connectivity index (χ0n) is 14.8. The van der Waals surface area contributed by atoms with Crippen LogP contribution in [0.4, 0.5) is 10.5 Å². The van der Waals surface area contributed by atoms with Crippen LogP contribution in [0.5, 0.6) is 0 Å². The Balaban J connectivity index is 2.13. The number of carbonyl (C=O) groups is 2. The van der Waals surface area contributed by atoms with Crippen LogP contribution in [0, 0.1) is 6.92 Å². The molecule has 2 aromatic rings. The molecule has 2 rings (SSSR count). The maximum atomic E-state index is 12.3. The van der Waals surface area contributed by atoms with E-state index >= 15 is 0 Å². The molecule has 0 aliphatic heterocycles. The lowest BCUT2D eigenvalue weighted by molar-refractivity contribution is -0.128. The van der Waals surface area contributed by atoms with Crippen LogP contribution >= 0.6 is 0 Å². The molecule has 8 heteroatoms. The van der Waals surface area contributed by atoms with Crippen LogP contribution in [-0.4, -0.2) is 32.3 Å². The third-order valence-electron chi connectivity index (χ3n) is 3.77. The van der Waals surface area contributed by atoms with Gasteiger partial charge in [-0.3, -0.25) is 4.79 Å². The number of rotatable bonds is 5. The Labute approximate surface area is 153 Å². The number of hydrogen-bond donors (Lipinski definition) is 2. The molecule has 0 radical (unpaired) electrons. The maximum Gasteiger partial charge on any atom is 0.333 e. The molecule has 26 heavy (non-hydrogen) atoms. The Morgan fingerprint density at radius 3 is 2.27 bits per heavy atom. The van der Waals surface area contributed by atoms with Crippen molar-refractivity contribution in [3.63, 3.8) is 0 Å². The van der Waals surface area contributed by atoms with Crippen molar-refractivity contribution in [2.45, 2.75) is 25.3 Å². The summed E-state index contributed by atoms with van der Waals surface area (Å²) in [7, 11) is -2.33. The molecule has 0 bridgehead atoms. The number of urea groups is 1. The van der Waals surface area contributed by atoms with E-state index in [1.165, 1.54) is 24.0 Å². The van der Waals surface area contributed by atoms with E-state index in [4.69, 9.17) is 0 Å². The molecule has 3 amide bonds. The van der Waals surface area contributed by atoms with Crippen LogP contribution in [-0.2, 0) is 21.4 Å². The average molecular weight is 375 g/mol. The first-order valence-corrected chi connectivity index (χ1v) is 9.37. The minimum atomic E-state index is -3.97. The first-order chi connectivity index (χ1) is 12.2. The minimum Gasteiger partial charge on any atom is -0.342 e. The van der Waals surface area contributed by atoms with Crippen molar-refractivity contribution in [1.29, 1.82) is 0 Å². The van der Waals surface area contributed by atoms with Gasteiger partial charge in [0.2, 0.25) is 5.91 Å². The third kappa shape index (κ3) is 5.06. The van der Waals surface area contributed by atoms with E-state index < -0.39 is 16.1 Å². The van der Waals surface area contributed by atoms with Gasteiger partial charge in [0.15, 0.2) is 0 Å². The van der Waals surface area contributed by atoms with Crippen molar-refractivity contribution in [3.05, 3.63) is 59.7 Å². The molecule has 2 N–H and O–H groups in total. The van der Waals surface area contributed by atoms with Crippen LogP contribution in [0.3, 0.4) is 0 Å². The first kappa shape index (κ1) is 19.5. The van der Waals surface area contributed by atoms with E-state index in [0.29, 0.717) is 11.3 Å². The van der Waals surface area contributed by atoms with Gasteiger partial charge in [-0.05, 0) is 30.7 Å². The van der Waals surface area contributed by atoms with Gasteiger partial charge in [0, 0.05) is 26.2 Å². The monoisotopic (exact) mass is 375 g/mol. The Hall–Kier alpha value is -2.87. The fourth-order valence-corrected chi connectivity index (χ4v) is 3.10. The highest BCUT2D eigenvalue weighted by Gasteiger charge is 2.18. The number of hydrogen-bond acceptors (Lipinski definition) is 4. The quantitative estimate of drug-likeness (QED) is 0.839. The molecule has 7 nitrogen and oxygen atoms in total. The zero-order chi connectivity index (χ0) is 19.3. The van der Waals surface area contributed by atoms with E-state index in [1.54, 1.807) is 43.4 Å². The van der Waals surface area contributed by atoms with Crippen molar-refractivity contribution in [3.8, 4) is 0 Å². The summed E-state index contributed by atoms with van der Waals surface area (Å²) in [5, 5.41) is 2.52. The normalized spacial score (nSPS) is 10.9. The summed E-state index contributed by atoms with van der Waals surface area (Å²) in [4.78, 5) is 25.0. The lowest BCUT2D eigenvalue weighted by atomic mass is 10.1. The molecule has 0 spiro atoms. The van der Waals surface area contributed by atoms with Gasteiger partial charge >= 0.3 is 6.03 Å². The van der Waals surface area contributed by atoms with E-state index in [-0.39, 0.29) is 17.3 Å². The average Bonchev–Trinajstić information content (AvgIpc) is 2.56. The number of benzene rings is 2. The van der Waals surface area contributed by atoms with Crippen LogP contribution in [0.2, 0.25) is 0 Å². The van der Waals surface area contributed by atoms with Crippen molar-refractivity contribution >= 4 is 27.6 Å². The van der Waals surface area contributed by atoms with Gasteiger partial charge in [-0.15, -0.1) is 0 Å². The first-order valence-electron chi connectivity index (χ1n) is 7.89. The molecule has 0 aliphatic rings. The van der Waals surface area contributed by atoms with E-state index in [9.17, 15) is 18.0 Å². The molecule has 0 saturated heterocycles. The summed E-state index contributed by atoms with van der Waals surface area (Å²) in [5.41, 5.74) is 2.03. The summed E-state index contributed by atoms with van der Waals surface area (Å²) in [5.74, 6) is -0.119. The summed E-state index contributed by atoms with van der Waals surface area (Å²) in [6.07, 6.45) is 0. The standard InChI is InChI=1S/C18H21N3O4S/c1-13-8-10-16(11-9-13)26(24,25)20-18(23)19-17-7-5-4-6-15(17)12-21(3)14(2)22/h4-11H,12H2,1-3H3,(H2,19,20,23). The van der Waals surface area contributed by atoms with Gasteiger partial charge in [-0.2, -0.15) is 0 Å². The van der Waals surface area contributed by atoms with Crippen molar-refractivity contribution in [2.24, 2.45) is 0 Å². The SMILES string of the molecule is CC(=O)N(C)Cc1ccccc1NC(=O)NS(=O)(=O)c1ccc(C)cc1. The molecule has 0 heterocycles. The van der Waals surface area contributed by atoms with Gasteiger partial charge < -0.3 is 10.2 Å². The Morgan fingerprint density at radius 1 is 1.04 bits per heavy atom. The number of nitrogens with zero attached hydrogens (tertiary/aromatic N) is 1. The summed E-state index contributed by atoms with van der Waals surface area (Å²) in [6.45, 7) is 3.57. The Kier molecular flexibility index (Phi) is 5.99. The highest BCUT2D eigenvalue weighted by atomic mass is 32.2. The number of amides is 3. The molecule has 0 aliphatic carbocycles. The molecule has 0 fully saturated rings. The van der Waals surface area contributed by atoms with E-state index in [2.05, 4.69) is 5.32 Å². The molecule has 138 valence electrons. The van der Waals surface area contributed by atoms with Crippen LogP contribution in [0.25, 0.3) is 0 Å². The number of anilines is 1. The smallest absolute Gasteiger partial charge is 0.333 e. The Bertz CT molecular complexity index is 908. The van der Waals surface area contributed by atoms with Crippen molar-refractivity contribution < 1.29 is 18.0 Å². The zero-order valence-corrected chi connectivity index (χ0v) is 15.6.